The molecule has 9 heteroatoms. The summed E-state index contributed by atoms with van der Waals surface area (Å²) in [6, 6.07) is 0. The van der Waals surface area contributed by atoms with Crippen molar-refractivity contribution in [3.8, 4) is 0 Å². The van der Waals surface area contributed by atoms with Crippen LogP contribution in [0.3, 0.4) is 0 Å². The Morgan fingerprint density at radius 1 is 1.45 bits per heavy atom. The van der Waals surface area contributed by atoms with Crippen LogP contribution in [0.1, 0.15) is 12.8 Å². The number of nitrogens with two attached hydrogens (primary N) is 1. The number of methoxy groups -OCH3 is 1. The number of guanidine groups is 1. The Morgan fingerprint density at radius 2 is 2.20 bits per heavy atom. The highest BCUT2D eigenvalue weighted by Crippen LogP contribution is 2.58. The van der Waals surface area contributed by atoms with Crippen LogP contribution in [-0.2, 0) is 14.2 Å². The lowest BCUT2D eigenvalue weighted by atomic mass is 9.60. The number of hydrogen-bond donors (Lipinski definition) is 5. The van der Waals surface area contributed by atoms with Crippen LogP contribution in [0.2, 0.25) is 0 Å². The van der Waals surface area contributed by atoms with Gasteiger partial charge < -0.3 is 40.6 Å². The van der Waals surface area contributed by atoms with Crippen molar-refractivity contribution in [2.45, 2.75) is 48.6 Å². The zero-order valence-corrected chi connectivity index (χ0v) is 10.8. The van der Waals surface area contributed by atoms with E-state index in [2.05, 4.69) is 10.3 Å². The quantitative estimate of drug-likeness (QED) is 0.325. The number of ether oxygens (including phenoxy) is 3. The van der Waals surface area contributed by atoms with Crippen LogP contribution >= 0.6 is 0 Å². The fraction of sp³-hybridized carbons (Fsp3) is 0.909. The summed E-state index contributed by atoms with van der Waals surface area (Å²) in [5.41, 5.74) is 4.95. The predicted molar refractivity (Wildman–Crippen MR) is 62.9 cm³/mol. The van der Waals surface area contributed by atoms with Crippen molar-refractivity contribution >= 4 is 5.96 Å². The molecule has 9 nitrogen and oxygen atoms in total. The molecule has 5 rings (SSSR count). The lowest BCUT2D eigenvalue weighted by Crippen LogP contribution is -2.85. The molecule has 4 bridgehead atoms. The van der Waals surface area contributed by atoms with Gasteiger partial charge in [0.05, 0.1) is 17.9 Å². The third-order valence-electron chi connectivity index (χ3n) is 4.86. The van der Waals surface area contributed by atoms with E-state index in [-0.39, 0.29) is 12.4 Å². The summed E-state index contributed by atoms with van der Waals surface area (Å²) in [7, 11) is 1.33. The molecule has 0 unspecified atom stereocenters. The van der Waals surface area contributed by atoms with Gasteiger partial charge in [-0.2, -0.15) is 0 Å². The molecular weight excluding hydrogens is 270 g/mol. The first-order valence-corrected chi connectivity index (χ1v) is 6.47. The van der Waals surface area contributed by atoms with E-state index in [9.17, 15) is 15.3 Å². The SMILES string of the molecule is CO[C@]1(O)[C@@H]2C[C@@]34C[C@@](O)(O2)O[C@@H]1[C@@H]3[C@@H](O)N=C(N)N4. The molecule has 0 aromatic heterocycles. The van der Waals surface area contributed by atoms with Crippen molar-refractivity contribution < 1.29 is 29.5 Å². The predicted octanol–water partition coefficient (Wildman–Crippen LogP) is -2.85. The van der Waals surface area contributed by atoms with Crippen molar-refractivity contribution in [3.63, 3.8) is 0 Å². The Balaban J connectivity index is 1.85. The highest BCUT2D eigenvalue weighted by Gasteiger charge is 2.76. The van der Waals surface area contributed by atoms with Gasteiger partial charge >= 0.3 is 0 Å². The van der Waals surface area contributed by atoms with Gasteiger partial charge in [-0.3, -0.25) is 0 Å². The molecule has 1 saturated carbocycles. The molecule has 4 aliphatic heterocycles. The van der Waals surface area contributed by atoms with Gasteiger partial charge in [-0.25, -0.2) is 4.99 Å². The summed E-state index contributed by atoms with van der Waals surface area (Å²) >= 11 is 0. The second-order valence-corrected chi connectivity index (χ2v) is 5.93. The largest absolute Gasteiger partial charge is 0.371 e. The summed E-state index contributed by atoms with van der Waals surface area (Å²) in [6.45, 7) is 0. The van der Waals surface area contributed by atoms with Gasteiger partial charge in [0.1, 0.15) is 12.2 Å². The van der Waals surface area contributed by atoms with Gasteiger partial charge in [0, 0.05) is 13.5 Å². The second-order valence-electron chi connectivity index (χ2n) is 5.93. The van der Waals surface area contributed by atoms with E-state index < -0.39 is 41.7 Å². The lowest BCUT2D eigenvalue weighted by molar-refractivity contribution is -0.537. The minimum Gasteiger partial charge on any atom is -0.371 e. The first kappa shape index (κ1) is 12.7. The molecule has 0 aromatic rings. The van der Waals surface area contributed by atoms with E-state index in [0.717, 1.165) is 0 Å². The summed E-state index contributed by atoms with van der Waals surface area (Å²) < 4.78 is 16.0. The number of aliphatic hydroxyl groups is 3. The Labute approximate surface area is 114 Å². The zero-order chi connectivity index (χ0) is 14.3. The molecule has 1 aliphatic carbocycles. The number of aliphatic hydroxyl groups excluding tert-OH is 1. The van der Waals surface area contributed by atoms with Gasteiger partial charge in [-0.15, -0.1) is 0 Å². The molecule has 6 N–H and O–H groups in total. The molecule has 3 saturated heterocycles. The Kier molecular flexibility index (Phi) is 2.19. The van der Waals surface area contributed by atoms with E-state index in [1.54, 1.807) is 0 Å². The third-order valence-corrected chi connectivity index (χ3v) is 4.86. The second kappa shape index (κ2) is 3.43. The number of nitrogens with zero attached hydrogens (tertiary/aromatic N) is 1. The van der Waals surface area contributed by atoms with Crippen molar-refractivity contribution in [2.24, 2.45) is 16.6 Å². The first-order chi connectivity index (χ1) is 9.32. The van der Waals surface area contributed by atoms with Gasteiger partial charge in [-0.05, 0) is 0 Å². The smallest absolute Gasteiger partial charge is 0.283 e. The van der Waals surface area contributed by atoms with Gasteiger partial charge in [0.2, 0.25) is 5.79 Å². The maximum Gasteiger partial charge on any atom is 0.283 e. The molecule has 112 valence electrons. The summed E-state index contributed by atoms with van der Waals surface area (Å²) in [4.78, 5) is 3.88. The molecule has 1 spiro atoms. The molecule has 0 radical (unpaired) electrons. The summed E-state index contributed by atoms with van der Waals surface area (Å²) in [5.74, 6) is -4.06. The van der Waals surface area contributed by atoms with Crippen LogP contribution in [-0.4, -0.2) is 64.1 Å². The van der Waals surface area contributed by atoms with Crippen LogP contribution < -0.4 is 11.1 Å². The molecule has 0 amide bonds. The van der Waals surface area contributed by atoms with E-state index in [1.165, 1.54) is 7.11 Å². The minimum absolute atomic E-state index is 0.0880. The maximum atomic E-state index is 10.6. The standard InChI is InChI=1S/C11H17N3O6/c1-18-11(17)4-2-9-3-10(16,19-4)20-6(11)5(9)7(15)13-8(12)14-9/h4-7,15-17H,2-3H2,1H3,(H3,12,13,14)/t4-,5+,6+,7+,9+,10+,11+/m0/s1. The van der Waals surface area contributed by atoms with Crippen molar-refractivity contribution in [1.29, 1.82) is 0 Å². The maximum absolute atomic E-state index is 10.6. The van der Waals surface area contributed by atoms with E-state index in [4.69, 9.17) is 19.9 Å². The Morgan fingerprint density at radius 3 is 2.90 bits per heavy atom. The molecule has 0 aromatic carbocycles. The lowest BCUT2D eigenvalue weighted by Gasteiger charge is -2.67. The Hall–Kier alpha value is -0.970. The van der Waals surface area contributed by atoms with E-state index in [0.29, 0.717) is 6.42 Å². The van der Waals surface area contributed by atoms with Crippen molar-refractivity contribution in [1.82, 2.24) is 5.32 Å². The molecular formula is C11H17N3O6. The molecule has 7 atom stereocenters. The van der Waals surface area contributed by atoms with Crippen LogP contribution in [0.5, 0.6) is 0 Å². The highest BCUT2D eigenvalue weighted by molar-refractivity contribution is 5.80. The Bertz CT molecular complexity index is 503. The molecule has 4 heterocycles. The molecule has 5 aliphatic rings. The molecule has 4 fully saturated rings. The summed E-state index contributed by atoms with van der Waals surface area (Å²) in [6.07, 6.45) is -2.50. The number of rotatable bonds is 1. The van der Waals surface area contributed by atoms with E-state index in [1.807, 2.05) is 0 Å². The number of aliphatic imine (C=N–C) groups is 1. The normalized spacial score (nSPS) is 59.9. The summed E-state index contributed by atoms with van der Waals surface area (Å²) in [5, 5.41) is 34.2. The topological polar surface area (TPSA) is 139 Å². The number of hydrogen-bond acceptors (Lipinski definition) is 9. The van der Waals surface area contributed by atoms with Gasteiger partial charge in [0.25, 0.3) is 5.97 Å². The third kappa shape index (κ3) is 1.30. The highest BCUT2D eigenvalue weighted by atomic mass is 16.9. The van der Waals surface area contributed by atoms with Crippen LogP contribution in [0.25, 0.3) is 0 Å². The van der Waals surface area contributed by atoms with Crippen LogP contribution in [0.4, 0.5) is 0 Å². The minimum atomic E-state index is -1.82. The average Bonchev–Trinajstić information content (AvgIpc) is 2.32. The number of nitrogens with one attached hydrogen (secondary N) is 1. The van der Waals surface area contributed by atoms with Crippen LogP contribution in [0, 0.1) is 5.92 Å². The monoisotopic (exact) mass is 287 g/mol. The first-order valence-electron chi connectivity index (χ1n) is 6.47. The fourth-order valence-corrected chi connectivity index (χ4v) is 4.13. The van der Waals surface area contributed by atoms with Crippen molar-refractivity contribution in [3.05, 3.63) is 0 Å². The van der Waals surface area contributed by atoms with Gasteiger partial charge in [-0.1, -0.05) is 0 Å². The van der Waals surface area contributed by atoms with Crippen molar-refractivity contribution in [2.75, 3.05) is 7.11 Å². The van der Waals surface area contributed by atoms with Crippen LogP contribution in [0.15, 0.2) is 4.99 Å². The average molecular weight is 287 g/mol. The molecule has 20 heavy (non-hydrogen) atoms. The zero-order valence-electron chi connectivity index (χ0n) is 10.8. The van der Waals surface area contributed by atoms with Gasteiger partial charge in [0.15, 0.2) is 12.2 Å². The fourth-order valence-electron chi connectivity index (χ4n) is 4.13. The van der Waals surface area contributed by atoms with E-state index >= 15 is 0 Å².